The van der Waals surface area contributed by atoms with Crippen LogP contribution in [0.25, 0.3) is 0 Å². The Hall–Kier alpha value is -1.16. The Morgan fingerprint density at radius 2 is 1.24 bits per heavy atom. The minimum absolute atomic E-state index is 0.0338. The second-order valence-electron chi connectivity index (χ2n) is 11.6. The summed E-state index contributed by atoms with van der Waals surface area (Å²) < 4.78 is 20.7. The highest BCUT2D eigenvalue weighted by atomic mass is 32.2. The number of nitrogens with zero attached hydrogens (tertiary/aromatic N) is 3. The van der Waals surface area contributed by atoms with E-state index in [9.17, 15) is 14.1 Å². The molecule has 1 unspecified atom stereocenters. The molecule has 41 heavy (non-hydrogen) atoms. The van der Waals surface area contributed by atoms with Gasteiger partial charge in [0.1, 0.15) is 6.29 Å². The molecular formula is C32H64N4O4S. The van der Waals surface area contributed by atoms with Crippen LogP contribution >= 0.6 is 0 Å². The maximum Gasteiger partial charge on any atom is 0.305 e. The smallest absolute Gasteiger partial charge is 0.305 e. The molecule has 0 aliphatic heterocycles. The number of unbranched alkanes of at least 4 members (excludes halogenated alkanes) is 16. The largest absolute Gasteiger partial charge is 0.572 e. The monoisotopic (exact) mass is 600 g/mol. The molecule has 0 aromatic heterocycles. The van der Waals surface area contributed by atoms with Crippen LogP contribution in [0.5, 0.6) is 0 Å². The highest BCUT2D eigenvalue weighted by Gasteiger charge is 2.10. The van der Waals surface area contributed by atoms with Gasteiger partial charge in [0.2, 0.25) is 0 Å². The van der Waals surface area contributed by atoms with Crippen molar-refractivity contribution >= 4 is 29.6 Å². The van der Waals surface area contributed by atoms with Gasteiger partial charge in [-0.05, 0) is 69.0 Å². The molecule has 0 aromatic carbocycles. The van der Waals surface area contributed by atoms with Crippen LogP contribution in [-0.2, 0) is 25.9 Å². The van der Waals surface area contributed by atoms with Crippen molar-refractivity contribution < 1.29 is 18.9 Å². The van der Waals surface area contributed by atoms with Gasteiger partial charge in [-0.3, -0.25) is 4.79 Å². The van der Waals surface area contributed by atoms with Gasteiger partial charge in [0.25, 0.3) is 0 Å². The molecule has 2 N–H and O–H groups in total. The van der Waals surface area contributed by atoms with E-state index in [2.05, 4.69) is 16.2 Å². The number of nitrogens with two attached hydrogens (primary N) is 1. The molecule has 0 bridgehead atoms. The van der Waals surface area contributed by atoms with Gasteiger partial charge < -0.3 is 23.9 Å². The molecular weight excluding hydrogens is 536 g/mol. The Kier molecular flexibility index (Phi) is 29.4. The van der Waals surface area contributed by atoms with Crippen molar-refractivity contribution in [2.45, 2.75) is 148 Å². The molecule has 0 amide bonds. The number of aldehydes is 1. The normalized spacial score (nSPS) is 12.6. The topological polar surface area (TPSA) is 111 Å². The van der Waals surface area contributed by atoms with E-state index in [1.165, 1.54) is 64.2 Å². The van der Waals surface area contributed by atoms with Gasteiger partial charge in [0.05, 0.1) is 6.61 Å². The van der Waals surface area contributed by atoms with E-state index in [4.69, 9.17) is 9.88 Å². The number of esters is 1. The molecule has 0 aromatic rings. The third kappa shape index (κ3) is 28.7. The van der Waals surface area contributed by atoms with E-state index < -0.39 is 11.5 Å². The van der Waals surface area contributed by atoms with E-state index in [1.54, 1.807) is 0 Å². The summed E-state index contributed by atoms with van der Waals surface area (Å²) in [5, 5.41) is 5.36. The van der Waals surface area contributed by atoms with Crippen molar-refractivity contribution in [2.24, 2.45) is 9.54 Å². The molecule has 0 heterocycles. The van der Waals surface area contributed by atoms with E-state index in [0.717, 1.165) is 96.0 Å². The number of rotatable bonds is 30. The zero-order valence-corrected chi connectivity index (χ0v) is 27.7. The first kappa shape index (κ1) is 39.8. The van der Waals surface area contributed by atoms with Crippen molar-refractivity contribution in [3.63, 3.8) is 0 Å². The summed E-state index contributed by atoms with van der Waals surface area (Å²) in [5.74, 6) is 0.753. The van der Waals surface area contributed by atoms with Crippen molar-refractivity contribution in [3.05, 3.63) is 0 Å². The van der Waals surface area contributed by atoms with Crippen LogP contribution in [0.4, 0.5) is 0 Å². The number of hydrogen-bond acceptors (Lipinski definition) is 7. The molecule has 0 radical (unpaired) electrons. The number of hydrogen-bond donors (Lipinski definition) is 1. The average Bonchev–Trinajstić information content (AvgIpc) is 2.94. The first-order valence-corrected chi connectivity index (χ1v) is 17.8. The van der Waals surface area contributed by atoms with Gasteiger partial charge in [-0.15, -0.1) is 5.14 Å². The quantitative estimate of drug-likeness (QED) is 0.0233. The predicted molar refractivity (Wildman–Crippen MR) is 174 cm³/mol. The average molecular weight is 601 g/mol. The van der Waals surface area contributed by atoms with Crippen molar-refractivity contribution in [3.8, 4) is 0 Å². The standard InChI is InChI=1S/C32H64N4O4S/c1-4-5-6-7-10-16-23-30-40-32(38)25-17-12-11-14-20-27-36(26-19-13-8-9-15-22-29-37)28-21-18-24-31(35(2)3)34-41(33)39/h29H,4-28,30,33H2,1-3H3/b34-31-. The summed E-state index contributed by atoms with van der Waals surface area (Å²) in [5.41, 5.74) is 0. The molecule has 0 spiro atoms. The lowest BCUT2D eigenvalue weighted by Crippen LogP contribution is -2.28. The molecule has 9 heteroatoms. The lowest BCUT2D eigenvalue weighted by atomic mass is 10.1. The summed E-state index contributed by atoms with van der Waals surface area (Å²) in [7, 11) is 3.82. The zero-order chi connectivity index (χ0) is 30.4. The third-order valence-electron chi connectivity index (χ3n) is 7.50. The highest BCUT2D eigenvalue weighted by Crippen LogP contribution is 2.12. The van der Waals surface area contributed by atoms with Gasteiger partial charge in [0.15, 0.2) is 17.4 Å². The number of amidine groups is 1. The van der Waals surface area contributed by atoms with Crippen LogP contribution in [0.1, 0.15) is 148 Å². The molecule has 0 aliphatic rings. The van der Waals surface area contributed by atoms with Crippen LogP contribution < -0.4 is 5.14 Å². The SMILES string of the molecule is CCCCCCCCCOC(=O)CCCCCCCN(CCCCCCCC=O)CCCC/C(=N/[S+](N)[O-])N(C)C. The van der Waals surface area contributed by atoms with E-state index in [0.29, 0.717) is 19.4 Å². The molecule has 0 aliphatic carbocycles. The summed E-state index contributed by atoms with van der Waals surface area (Å²) in [4.78, 5) is 26.9. The summed E-state index contributed by atoms with van der Waals surface area (Å²) in [6, 6.07) is 0. The maximum absolute atomic E-state index is 12.0. The molecule has 8 nitrogen and oxygen atoms in total. The Bertz CT molecular complexity index is 635. The van der Waals surface area contributed by atoms with Crippen molar-refractivity contribution in [2.75, 3.05) is 40.3 Å². The first-order valence-electron chi connectivity index (χ1n) is 16.6. The van der Waals surface area contributed by atoms with Crippen LogP contribution in [0.2, 0.25) is 0 Å². The Morgan fingerprint density at radius 1 is 0.756 bits per heavy atom. The molecule has 0 saturated carbocycles. The van der Waals surface area contributed by atoms with Crippen LogP contribution in [0.15, 0.2) is 4.40 Å². The predicted octanol–water partition coefficient (Wildman–Crippen LogP) is 7.13. The molecule has 0 fully saturated rings. The zero-order valence-electron chi connectivity index (χ0n) is 26.9. The summed E-state index contributed by atoms with van der Waals surface area (Å²) in [6.45, 7) is 6.09. The second kappa shape index (κ2) is 30.3. The fourth-order valence-corrected chi connectivity index (χ4v) is 5.42. The van der Waals surface area contributed by atoms with E-state index >= 15 is 0 Å². The van der Waals surface area contributed by atoms with Gasteiger partial charge in [-0.1, -0.05) is 84.0 Å². The van der Waals surface area contributed by atoms with Gasteiger partial charge in [-0.2, -0.15) is 0 Å². The minimum Gasteiger partial charge on any atom is -0.572 e. The fourth-order valence-electron chi connectivity index (χ4n) is 4.95. The first-order chi connectivity index (χ1) is 19.9. The number of ether oxygens (including phenoxy) is 1. The molecule has 0 saturated heterocycles. The van der Waals surface area contributed by atoms with Crippen LogP contribution in [-0.4, -0.2) is 72.8 Å². The molecule has 1 atom stereocenters. The minimum atomic E-state index is -1.66. The second-order valence-corrected chi connectivity index (χ2v) is 12.3. The lowest BCUT2D eigenvalue weighted by Gasteiger charge is -2.23. The van der Waals surface area contributed by atoms with E-state index in [-0.39, 0.29) is 5.97 Å². The van der Waals surface area contributed by atoms with Gasteiger partial charge in [0, 0.05) is 33.4 Å². The third-order valence-corrected chi connectivity index (χ3v) is 7.89. The maximum atomic E-state index is 12.0. The van der Waals surface area contributed by atoms with E-state index in [1.807, 2.05) is 19.0 Å². The van der Waals surface area contributed by atoms with Crippen molar-refractivity contribution in [1.29, 1.82) is 0 Å². The Labute approximate surface area is 256 Å². The molecule has 0 rings (SSSR count). The van der Waals surface area contributed by atoms with Crippen LogP contribution in [0, 0.1) is 0 Å². The van der Waals surface area contributed by atoms with Crippen LogP contribution in [0.3, 0.4) is 0 Å². The Balaban J connectivity index is 4.11. The highest BCUT2D eigenvalue weighted by molar-refractivity contribution is 7.88. The van der Waals surface area contributed by atoms with Gasteiger partial charge in [-0.25, -0.2) is 0 Å². The number of carbonyl (C=O) groups excluding carboxylic acids is 2. The summed E-state index contributed by atoms with van der Waals surface area (Å²) >= 11 is -1.66. The Morgan fingerprint density at radius 3 is 1.80 bits per heavy atom. The fraction of sp³-hybridized carbons (Fsp3) is 0.906. The summed E-state index contributed by atoms with van der Waals surface area (Å²) in [6.07, 6.45) is 25.0. The lowest BCUT2D eigenvalue weighted by molar-refractivity contribution is -0.143. The van der Waals surface area contributed by atoms with Gasteiger partial charge >= 0.3 is 5.97 Å². The number of carbonyl (C=O) groups is 2. The molecule has 242 valence electrons. The van der Waals surface area contributed by atoms with Crippen molar-refractivity contribution in [1.82, 2.24) is 9.80 Å².